The molecule has 0 amide bonds. The van der Waals surface area contributed by atoms with E-state index in [9.17, 15) is 10.2 Å². The summed E-state index contributed by atoms with van der Waals surface area (Å²) in [5.41, 5.74) is 0. The zero-order valence-corrected chi connectivity index (χ0v) is 8.65. The van der Waals surface area contributed by atoms with Crippen molar-refractivity contribution < 1.29 is 10.2 Å². The lowest BCUT2D eigenvalue weighted by atomic mass is 9.46. The fourth-order valence-corrected chi connectivity index (χ4v) is 4.45. The second-order valence-electron chi connectivity index (χ2n) is 5.57. The van der Waals surface area contributed by atoms with E-state index < -0.39 is 5.79 Å². The number of hydrogen-bond acceptors (Lipinski definition) is 2. The van der Waals surface area contributed by atoms with Crippen molar-refractivity contribution in [3.63, 3.8) is 0 Å². The van der Waals surface area contributed by atoms with Crippen LogP contribution in [0.5, 0.6) is 0 Å². The van der Waals surface area contributed by atoms with Gasteiger partial charge < -0.3 is 10.2 Å². The zero-order valence-electron chi connectivity index (χ0n) is 8.65. The average molecular weight is 196 g/mol. The molecule has 0 aromatic rings. The van der Waals surface area contributed by atoms with Gasteiger partial charge in [0.25, 0.3) is 0 Å². The fourth-order valence-electron chi connectivity index (χ4n) is 4.45. The van der Waals surface area contributed by atoms with Crippen molar-refractivity contribution in [3.05, 3.63) is 0 Å². The normalized spacial score (nSPS) is 50.1. The van der Waals surface area contributed by atoms with Crippen LogP contribution in [0.1, 0.15) is 44.9 Å². The molecule has 2 heteroatoms. The molecule has 2 N–H and O–H groups in total. The maximum Gasteiger partial charge on any atom is 0.165 e. The van der Waals surface area contributed by atoms with Crippen LogP contribution >= 0.6 is 0 Å². The second kappa shape index (κ2) is 2.96. The van der Waals surface area contributed by atoms with Gasteiger partial charge in [-0.2, -0.15) is 0 Å². The molecule has 3 fully saturated rings. The number of aliphatic hydroxyl groups is 2. The molecule has 0 aliphatic heterocycles. The smallest absolute Gasteiger partial charge is 0.165 e. The third kappa shape index (κ3) is 1.10. The molecule has 0 heterocycles. The minimum absolute atomic E-state index is 0.224. The first-order valence-corrected chi connectivity index (χ1v) is 6.15. The maximum absolute atomic E-state index is 9.96. The first-order valence-electron chi connectivity index (χ1n) is 6.15. The molecule has 0 radical (unpaired) electrons. The van der Waals surface area contributed by atoms with Crippen LogP contribution < -0.4 is 0 Å². The van der Waals surface area contributed by atoms with Crippen LogP contribution in [-0.4, -0.2) is 16.0 Å². The van der Waals surface area contributed by atoms with E-state index in [1.807, 2.05) is 0 Å². The Balaban J connectivity index is 1.81. The zero-order chi connectivity index (χ0) is 9.76. The van der Waals surface area contributed by atoms with Gasteiger partial charge in [-0.15, -0.1) is 0 Å². The minimum Gasteiger partial charge on any atom is -0.365 e. The largest absolute Gasteiger partial charge is 0.365 e. The molecule has 3 aliphatic carbocycles. The molecule has 3 saturated carbocycles. The van der Waals surface area contributed by atoms with Crippen molar-refractivity contribution in [2.45, 2.75) is 50.7 Å². The van der Waals surface area contributed by atoms with Gasteiger partial charge in [0.1, 0.15) is 0 Å². The van der Waals surface area contributed by atoms with Crippen molar-refractivity contribution in [1.29, 1.82) is 0 Å². The molecule has 0 aromatic heterocycles. The molecular weight excluding hydrogens is 176 g/mol. The second-order valence-corrected chi connectivity index (χ2v) is 5.57. The average Bonchev–Trinajstić information content (AvgIpc) is 2.12. The lowest BCUT2D eigenvalue weighted by molar-refractivity contribution is -0.295. The summed E-state index contributed by atoms with van der Waals surface area (Å²) in [4.78, 5) is 0. The highest BCUT2D eigenvalue weighted by Crippen LogP contribution is 2.61. The first kappa shape index (κ1) is 9.17. The van der Waals surface area contributed by atoms with E-state index in [1.54, 1.807) is 0 Å². The van der Waals surface area contributed by atoms with Crippen LogP contribution in [0.2, 0.25) is 0 Å². The highest BCUT2D eigenvalue weighted by atomic mass is 16.5. The SMILES string of the molecule is OC1(O)CCCC2C3CCCCC3C21. The van der Waals surface area contributed by atoms with Crippen LogP contribution in [0.15, 0.2) is 0 Å². The van der Waals surface area contributed by atoms with Gasteiger partial charge in [0.2, 0.25) is 0 Å². The summed E-state index contributed by atoms with van der Waals surface area (Å²) in [6, 6.07) is 0. The molecule has 0 saturated heterocycles. The van der Waals surface area contributed by atoms with Crippen molar-refractivity contribution in [3.8, 4) is 0 Å². The lowest BCUT2D eigenvalue weighted by Gasteiger charge is -2.61. The molecule has 0 bridgehead atoms. The molecule has 4 atom stereocenters. The van der Waals surface area contributed by atoms with E-state index in [0.717, 1.165) is 12.3 Å². The Hall–Kier alpha value is -0.0800. The van der Waals surface area contributed by atoms with Crippen molar-refractivity contribution >= 4 is 0 Å². The van der Waals surface area contributed by atoms with Crippen LogP contribution in [0, 0.1) is 23.7 Å². The van der Waals surface area contributed by atoms with Gasteiger partial charge in [-0.25, -0.2) is 0 Å². The van der Waals surface area contributed by atoms with Gasteiger partial charge in [0, 0.05) is 12.3 Å². The predicted molar refractivity (Wildman–Crippen MR) is 53.4 cm³/mol. The maximum atomic E-state index is 9.96. The highest BCUT2D eigenvalue weighted by Gasteiger charge is 2.59. The Morgan fingerprint density at radius 1 is 0.786 bits per heavy atom. The van der Waals surface area contributed by atoms with E-state index in [4.69, 9.17) is 0 Å². The van der Waals surface area contributed by atoms with Gasteiger partial charge in [0.15, 0.2) is 5.79 Å². The van der Waals surface area contributed by atoms with Crippen LogP contribution in [0.4, 0.5) is 0 Å². The highest BCUT2D eigenvalue weighted by molar-refractivity contribution is 5.05. The number of rotatable bonds is 0. The Kier molecular flexibility index (Phi) is 1.94. The summed E-state index contributed by atoms with van der Waals surface area (Å²) in [7, 11) is 0. The van der Waals surface area contributed by atoms with Crippen LogP contribution in [-0.2, 0) is 0 Å². The van der Waals surface area contributed by atoms with E-state index in [-0.39, 0.29) is 5.92 Å². The molecule has 0 aromatic carbocycles. The Labute approximate surface area is 85.3 Å². The third-order valence-electron chi connectivity index (χ3n) is 4.96. The van der Waals surface area contributed by atoms with Gasteiger partial charge in [0.05, 0.1) is 0 Å². The van der Waals surface area contributed by atoms with E-state index in [1.165, 1.54) is 32.1 Å². The van der Waals surface area contributed by atoms with Crippen molar-refractivity contribution in [2.24, 2.45) is 23.7 Å². The molecule has 0 spiro atoms. The summed E-state index contributed by atoms with van der Waals surface area (Å²) >= 11 is 0. The topological polar surface area (TPSA) is 40.5 Å². The van der Waals surface area contributed by atoms with E-state index in [2.05, 4.69) is 0 Å². The van der Waals surface area contributed by atoms with Crippen LogP contribution in [0.25, 0.3) is 0 Å². The summed E-state index contributed by atoms with van der Waals surface area (Å²) in [5, 5.41) is 19.9. The predicted octanol–water partition coefficient (Wildman–Crippen LogP) is 1.90. The summed E-state index contributed by atoms with van der Waals surface area (Å²) in [6.07, 6.45) is 8.13. The van der Waals surface area contributed by atoms with E-state index >= 15 is 0 Å². The van der Waals surface area contributed by atoms with Gasteiger partial charge in [-0.3, -0.25) is 0 Å². The Morgan fingerprint density at radius 2 is 1.36 bits per heavy atom. The summed E-state index contributed by atoms with van der Waals surface area (Å²) in [6.45, 7) is 0. The fraction of sp³-hybridized carbons (Fsp3) is 1.00. The Bertz CT molecular complexity index is 226. The molecule has 3 aliphatic rings. The summed E-state index contributed by atoms with van der Waals surface area (Å²) < 4.78 is 0. The number of hydrogen-bond donors (Lipinski definition) is 2. The van der Waals surface area contributed by atoms with Gasteiger partial charge >= 0.3 is 0 Å². The standard InChI is InChI=1S/C12H20O2/c13-12(14)7-3-6-10-8-4-1-2-5-9(8)11(10)12/h8-11,13-14H,1-7H2. The van der Waals surface area contributed by atoms with Gasteiger partial charge in [-0.05, 0) is 43.4 Å². The molecule has 80 valence electrons. The monoisotopic (exact) mass is 196 g/mol. The molecular formula is C12H20O2. The van der Waals surface area contributed by atoms with Crippen molar-refractivity contribution in [1.82, 2.24) is 0 Å². The van der Waals surface area contributed by atoms with Crippen LogP contribution in [0.3, 0.4) is 0 Å². The third-order valence-corrected chi connectivity index (χ3v) is 4.96. The first-order chi connectivity index (χ1) is 6.70. The van der Waals surface area contributed by atoms with Gasteiger partial charge in [-0.1, -0.05) is 12.8 Å². The minimum atomic E-state index is -1.32. The molecule has 3 rings (SSSR count). The number of fused-ring (bicyclic) bond motifs is 4. The molecule has 2 nitrogen and oxygen atoms in total. The van der Waals surface area contributed by atoms with E-state index in [0.29, 0.717) is 18.3 Å². The Morgan fingerprint density at radius 3 is 2.07 bits per heavy atom. The quantitative estimate of drug-likeness (QED) is 0.581. The molecule has 4 unspecified atom stereocenters. The van der Waals surface area contributed by atoms with Crippen molar-refractivity contribution in [2.75, 3.05) is 0 Å². The molecule has 14 heavy (non-hydrogen) atoms. The summed E-state index contributed by atoms with van der Waals surface area (Å²) in [5.74, 6) is 1.03. The lowest BCUT2D eigenvalue weighted by Crippen LogP contribution is -2.61.